The Balaban J connectivity index is 2.23. The molecule has 2 aromatic rings. The summed E-state index contributed by atoms with van der Waals surface area (Å²) in [6.45, 7) is 0.366. The van der Waals surface area contributed by atoms with E-state index in [1.807, 2.05) is 0 Å². The van der Waals surface area contributed by atoms with Gasteiger partial charge in [-0.2, -0.15) is 0 Å². The van der Waals surface area contributed by atoms with Crippen LogP contribution in [0.1, 0.15) is 15.9 Å². The van der Waals surface area contributed by atoms with Crippen LogP contribution in [0.5, 0.6) is 0 Å². The molecule has 6 nitrogen and oxygen atoms in total. The summed E-state index contributed by atoms with van der Waals surface area (Å²) in [4.78, 5) is 24.0. The molecule has 0 aliphatic heterocycles. The fourth-order valence-electron chi connectivity index (χ4n) is 1.72. The van der Waals surface area contributed by atoms with Crippen molar-refractivity contribution < 1.29 is 14.1 Å². The van der Waals surface area contributed by atoms with Crippen molar-refractivity contribution in [2.75, 3.05) is 7.05 Å². The highest BCUT2D eigenvalue weighted by molar-refractivity contribution is 9.10. The Hall–Kier alpha value is -2.15. The van der Waals surface area contributed by atoms with Crippen LogP contribution < -0.4 is 0 Å². The summed E-state index contributed by atoms with van der Waals surface area (Å²) in [6.07, 6.45) is 3.07. The Morgan fingerprint density at radius 1 is 1.45 bits per heavy atom. The number of furan rings is 1. The number of carbonyl (C=O) groups excluding carboxylic acids is 1. The lowest BCUT2D eigenvalue weighted by Crippen LogP contribution is -2.26. The first kappa shape index (κ1) is 14.3. The smallest absolute Gasteiger partial charge is 0.270 e. The lowest BCUT2D eigenvalue weighted by molar-refractivity contribution is -0.384. The Labute approximate surface area is 123 Å². The van der Waals surface area contributed by atoms with Crippen LogP contribution in [0.2, 0.25) is 0 Å². The van der Waals surface area contributed by atoms with Crippen LogP contribution in [0, 0.1) is 10.1 Å². The molecule has 1 amide bonds. The van der Waals surface area contributed by atoms with E-state index >= 15 is 0 Å². The summed E-state index contributed by atoms with van der Waals surface area (Å²) < 4.78 is 5.46. The number of rotatable bonds is 4. The molecule has 104 valence electrons. The first-order valence-electron chi connectivity index (χ1n) is 5.69. The Morgan fingerprint density at radius 3 is 2.80 bits per heavy atom. The van der Waals surface area contributed by atoms with Gasteiger partial charge in [0.15, 0.2) is 0 Å². The Kier molecular flexibility index (Phi) is 4.19. The van der Waals surface area contributed by atoms with Crippen LogP contribution in [0.4, 0.5) is 5.69 Å². The number of hydrogen-bond acceptors (Lipinski definition) is 4. The summed E-state index contributed by atoms with van der Waals surface area (Å²) in [5, 5.41) is 10.8. The topological polar surface area (TPSA) is 76.6 Å². The lowest BCUT2D eigenvalue weighted by Gasteiger charge is -2.16. The van der Waals surface area contributed by atoms with E-state index < -0.39 is 4.92 Å². The fraction of sp³-hybridized carbons (Fsp3) is 0.154. The molecule has 0 saturated heterocycles. The normalized spacial score (nSPS) is 10.3. The Morgan fingerprint density at radius 2 is 2.20 bits per heavy atom. The maximum atomic E-state index is 12.3. The van der Waals surface area contributed by atoms with Crippen molar-refractivity contribution in [3.05, 3.63) is 62.5 Å². The maximum absolute atomic E-state index is 12.3. The van der Waals surface area contributed by atoms with Crippen molar-refractivity contribution in [3.8, 4) is 0 Å². The van der Waals surface area contributed by atoms with Gasteiger partial charge in [0.2, 0.25) is 0 Å². The summed E-state index contributed by atoms with van der Waals surface area (Å²) in [5.74, 6) is -0.304. The second kappa shape index (κ2) is 5.87. The van der Waals surface area contributed by atoms with Gasteiger partial charge >= 0.3 is 0 Å². The Bertz CT molecular complexity index is 640. The van der Waals surface area contributed by atoms with E-state index in [2.05, 4.69) is 15.9 Å². The molecule has 1 aromatic heterocycles. The number of carbonyl (C=O) groups is 1. The third-order valence-corrected chi connectivity index (χ3v) is 3.43. The summed E-state index contributed by atoms with van der Waals surface area (Å²) in [5.41, 5.74) is 0.987. The van der Waals surface area contributed by atoms with E-state index in [-0.39, 0.29) is 17.2 Å². The van der Waals surface area contributed by atoms with Crippen molar-refractivity contribution in [2.24, 2.45) is 0 Å². The third-order valence-electron chi connectivity index (χ3n) is 2.74. The molecule has 7 heteroatoms. The van der Waals surface area contributed by atoms with Crippen LogP contribution in [-0.4, -0.2) is 22.8 Å². The number of non-ortho nitro benzene ring substituents is 1. The number of nitrogens with zero attached hydrogens (tertiary/aromatic N) is 2. The van der Waals surface area contributed by atoms with Crippen LogP contribution >= 0.6 is 15.9 Å². The van der Waals surface area contributed by atoms with Crippen molar-refractivity contribution in [2.45, 2.75) is 6.54 Å². The molecule has 0 saturated carbocycles. The van der Waals surface area contributed by atoms with E-state index in [9.17, 15) is 14.9 Å². The molecule has 0 bridgehead atoms. The van der Waals surface area contributed by atoms with Crippen LogP contribution in [0.3, 0.4) is 0 Å². The first-order valence-corrected chi connectivity index (χ1v) is 6.49. The van der Waals surface area contributed by atoms with Crippen molar-refractivity contribution in [1.82, 2.24) is 4.90 Å². The van der Waals surface area contributed by atoms with Gasteiger partial charge in [0.25, 0.3) is 11.6 Å². The van der Waals surface area contributed by atoms with Gasteiger partial charge in [-0.1, -0.05) is 0 Å². The molecule has 1 aromatic carbocycles. The second-order valence-electron chi connectivity index (χ2n) is 4.21. The molecular formula is C13H11BrN2O4. The standard InChI is InChI=1S/C13H11BrN2O4/c1-15(7-9-4-5-20-8-9)13(17)11-6-10(16(18)19)2-3-12(11)14/h2-6,8H,7H2,1H3. The minimum absolute atomic E-state index is 0.117. The highest BCUT2D eigenvalue weighted by atomic mass is 79.9. The number of hydrogen-bond donors (Lipinski definition) is 0. The number of halogens is 1. The van der Waals surface area contributed by atoms with Crippen molar-refractivity contribution in [1.29, 1.82) is 0 Å². The van der Waals surface area contributed by atoms with Gasteiger partial charge in [-0.15, -0.1) is 0 Å². The predicted molar refractivity (Wildman–Crippen MR) is 75.3 cm³/mol. The predicted octanol–water partition coefficient (Wildman–Crippen LogP) is 3.22. The zero-order valence-corrected chi connectivity index (χ0v) is 12.2. The lowest BCUT2D eigenvalue weighted by atomic mass is 10.1. The van der Waals surface area contributed by atoms with Crippen LogP contribution in [0.15, 0.2) is 45.7 Å². The maximum Gasteiger partial charge on any atom is 0.270 e. The van der Waals surface area contributed by atoms with Gasteiger partial charge in [-0.25, -0.2) is 0 Å². The largest absolute Gasteiger partial charge is 0.472 e. The van der Waals surface area contributed by atoms with Crippen LogP contribution in [0.25, 0.3) is 0 Å². The van der Waals surface area contributed by atoms with Crippen LogP contribution in [-0.2, 0) is 6.54 Å². The highest BCUT2D eigenvalue weighted by Gasteiger charge is 2.19. The van der Waals surface area contributed by atoms with Gasteiger partial charge in [0, 0.05) is 35.8 Å². The molecule has 0 fully saturated rings. The van der Waals surface area contributed by atoms with E-state index in [4.69, 9.17) is 4.42 Å². The average molecular weight is 339 g/mol. The van der Waals surface area contributed by atoms with Gasteiger partial charge in [0.05, 0.1) is 23.0 Å². The molecular weight excluding hydrogens is 328 g/mol. The zero-order chi connectivity index (χ0) is 14.7. The quantitative estimate of drug-likeness (QED) is 0.633. The van der Waals surface area contributed by atoms with Gasteiger partial charge in [0.1, 0.15) is 0 Å². The summed E-state index contributed by atoms with van der Waals surface area (Å²) >= 11 is 3.24. The van der Waals surface area contributed by atoms with E-state index in [1.165, 1.54) is 29.4 Å². The molecule has 20 heavy (non-hydrogen) atoms. The number of benzene rings is 1. The minimum Gasteiger partial charge on any atom is -0.472 e. The SMILES string of the molecule is CN(Cc1ccoc1)C(=O)c1cc([N+](=O)[O-])ccc1Br. The number of nitro benzene ring substituents is 1. The van der Waals surface area contributed by atoms with Gasteiger partial charge in [-0.3, -0.25) is 14.9 Å². The van der Waals surface area contributed by atoms with E-state index in [1.54, 1.807) is 19.4 Å². The minimum atomic E-state index is -0.528. The molecule has 2 rings (SSSR count). The van der Waals surface area contributed by atoms with Gasteiger partial charge in [-0.05, 0) is 28.1 Å². The van der Waals surface area contributed by atoms with E-state index in [0.29, 0.717) is 11.0 Å². The van der Waals surface area contributed by atoms with E-state index in [0.717, 1.165) is 5.56 Å². The summed E-state index contributed by atoms with van der Waals surface area (Å²) in [6, 6.07) is 5.86. The molecule has 0 N–H and O–H groups in total. The molecule has 0 unspecified atom stereocenters. The van der Waals surface area contributed by atoms with Gasteiger partial charge < -0.3 is 9.32 Å². The van der Waals surface area contributed by atoms with Crippen molar-refractivity contribution in [3.63, 3.8) is 0 Å². The number of amides is 1. The molecule has 0 spiro atoms. The first-order chi connectivity index (χ1) is 9.49. The highest BCUT2D eigenvalue weighted by Crippen LogP contribution is 2.24. The fourth-order valence-corrected chi connectivity index (χ4v) is 2.14. The number of nitro groups is 1. The molecule has 0 atom stereocenters. The zero-order valence-electron chi connectivity index (χ0n) is 10.6. The molecule has 0 aliphatic rings. The average Bonchev–Trinajstić information content (AvgIpc) is 2.91. The third kappa shape index (κ3) is 3.05. The van der Waals surface area contributed by atoms with Crippen molar-refractivity contribution >= 4 is 27.5 Å². The molecule has 1 heterocycles. The molecule has 0 aliphatic carbocycles. The second-order valence-corrected chi connectivity index (χ2v) is 5.07. The monoisotopic (exact) mass is 338 g/mol. The summed E-state index contributed by atoms with van der Waals surface area (Å²) in [7, 11) is 1.63. The molecule has 0 radical (unpaired) electrons.